The number of thiazole rings is 1. The minimum atomic E-state index is -0.353. The Bertz CT molecular complexity index is 1410. The Balaban J connectivity index is 1.46. The Hall–Kier alpha value is -3.28. The van der Waals surface area contributed by atoms with Gasteiger partial charge < -0.3 is 19.8 Å². The molecule has 9 nitrogen and oxygen atoms in total. The number of aromatic nitrogens is 4. The molecule has 37 heavy (non-hydrogen) atoms. The normalized spacial score (nSPS) is 16.0. The summed E-state index contributed by atoms with van der Waals surface area (Å²) in [5.41, 5.74) is 3.22. The molecule has 1 N–H and O–H groups in total. The smallest absolute Gasteiger partial charge is 0.237 e. The second-order valence-corrected chi connectivity index (χ2v) is 9.89. The molecule has 0 saturated carbocycles. The quantitative estimate of drug-likeness (QED) is 0.356. The Labute approximate surface area is 222 Å². The summed E-state index contributed by atoms with van der Waals surface area (Å²) in [5.74, 6) is 0.969. The average Bonchev–Trinajstić information content (AvgIpc) is 3.57. The lowest BCUT2D eigenvalue weighted by atomic mass is 10.1. The monoisotopic (exact) mass is 543 g/mol. The van der Waals surface area contributed by atoms with Crippen molar-refractivity contribution in [3.63, 3.8) is 0 Å². The van der Waals surface area contributed by atoms with Gasteiger partial charge in [-0.1, -0.05) is 6.92 Å². The standard InChI is InChI=1S/C25H27ClFN7O2S/c1-3-19-24(31(2)25-29-20(15-37-25)16-4-6-17(27)7-5-16)34-21(28-19)8-9-22(30-34)32-10-11-33(23(36)12-26)18(13-32)14-35/h4-9,15,18,35H,3,10-14H2,1-2H3/t18-/m0/s1. The number of benzene rings is 1. The van der Waals surface area contributed by atoms with E-state index in [2.05, 4.69) is 4.90 Å². The summed E-state index contributed by atoms with van der Waals surface area (Å²) in [7, 11) is 1.93. The number of aliphatic hydroxyl groups is 1. The number of carbonyl (C=O) groups is 1. The molecule has 4 aromatic rings. The number of rotatable bonds is 7. The van der Waals surface area contributed by atoms with Gasteiger partial charge in [-0.05, 0) is 42.8 Å². The molecule has 5 rings (SSSR count). The predicted octanol–water partition coefficient (Wildman–Crippen LogP) is 3.57. The minimum absolute atomic E-state index is 0.106. The van der Waals surface area contributed by atoms with Crippen molar-refractivity contribution < 1.29 is 14.3 Å². The van der Waals surface area contributed by atoms with E-state index in [1.165, 1.54) is 23.5 Å². The predicted molar refractivity (Wildman–Crippen MR) is 143 cm³/mol. The number of fused-ring (bicyclic) bond motifs is 1. The maximum Gasteiger partial charge on any atom is 0.237 e. The van der Waals surface area contributed by atoms with Crippen molar-refractivity contribution in [3.8, 4) is 11.3 Å². The largest absolute Gasteiger partial charge is 0.394 e. The van der Waals surface area contributed by atoms with Crippen LogP contribution in [0.3, 0.4) is 0 Å². The Kier molecular flexibility index (Phi) is 7.27. The van der Waals surface area contributed by atoms with E-state index in [4.69, 9.17) is 26.7 Å². The molecule has 1 aromatic carbocycles. The number of amides is 1. The molecule has 4 heterocycles. The van der Waals surface area contributed by atoms with Gasteiger partial charge >= 0.3 is 0 Å². The first-order valence-corrected chi connectivity index (χ1v) is 13.4. The zero-order chi connectivity index (χ0) is 26.1. The van der Waals surface area contributed by atoms with Gasteiger partial charge in [-0.25, -0.2) is 14.4 Å². The van der Waals surface area contributed by atoms with E-state index in [-0.39, 0.29) is 30.3 Å². The number of imidazole rings is 1. The van der Waals surface area contributed by atoms with E-state index < -0.39 is 0 Å². The zero-order valence-corrected chi connectivity index (χ0v) is 22.1. The number of alkyl halides is 1. The number of aryl methyl sites for hydroxylation is 1. The molecular formula is C25H27ClFN7O2S. The van der Waals surface area contributed by atoms with Gasteiger partial charge in [0.05, 0.1) is 24.0 Å². The topological polar surface area (TPSA) is 90.1 Å². The van der Waals surface area contributed by atoms with Gasteiger partial charge in [-0.15, -0.1) is 28.0 Å². The van der Waals surface area contributed by atoms with Gasteiger partial charge in [-0.2, -0.15) is 4.52 Å². The van der Waals surface area contributed by atoms with Crippen LogP contribution < -0.4 is 9.80 Å². The molecule has 1 atom stereocenters. The number of carbonyl (C=O) groups excluding carboxylic acids is 1. The minimum Gasteiger partial charge on any atom is -0.394 e. The fourth-order valence-corrected chi connectivity index (χ4v) is 5.54. The molecule has 1 fully saturated rings. The van der Waals surface area contributed by atoms with Crippen molar-refractivity contribution in [2.24, 2.45) is 0 Å². The van der Waals surface area contributed by atoms with Gasteiger partial charge in [0.2, 0.25) is 5.91 Å². The van der Waals surface area contributed by atoms with Crippen molar-refractivity contribution in [1.29, 1.82) is 0 Å². The lowest BCUT2D eigenvalue weighted by Gasteiger charge is -2.40. The Morgan fingerprint density at radius 2 is 2.00 bits per heavy atom. The van der Waals surface area contributed by atoms with Crippen molar-refractivity contribution in [2.75, 3.05) is 49.0 Å². The molecule has 1 amide bonds. The van der Waals surface area contributed by atoms with Crippen molar-refractivity contribution in [2.45, 2.75) is 19.4 Å². The van der Waals surface area contributed by atoms with Crippen LogP contribution in [0.1, 0.15) is 12.6 Å². The van der Waals surface area contributed by atoms with Crippen LogP contribution in [-0.2, 0) is 11.2 Å². The highest BCUT2D eigenvalue weighted by atomic mass is 35.5. The lowest BCUT2D eigenvalue weighted by Crippen LogP contribution is -2.57. The molecule has 194 valence electrons. The first-order chi connectivity index (χ1) is 17.9. The molecule has 0 unspecified atom stereocenters. The third kappa shape index (κ3) is 4.86. The molecule has 12 heteroatoms. The van der Waals surface area contributed by atoms with E-state index in [0.717, 1.165) is 33.7 Å². The third-order valence-electron chi connectivity index (χ3n) is 6.53. The molecule has 0 radical (unpaired) electrons. The van der Waals surface area contributed by atoms with Gasteiger partial charge in [0.1, 0.15) is 17.5 Å². The highest BCUT2D eigenvalue weighted by Gasteiger charge is 2.30. The summed E-state index contributed by atoms with van der Waals surface area (Å²) in [6, 6.07) is 9.77. The molecule has 3 aromatic heterocycles. The number of aliphatic hydroxyl groups excluding tert-OH is 1. The van der Waals surface area contributed by atoms with E-state index in [0.29, 0.717) is 31.7 Å². The molecule has 1 saturated heterocycles. The van der Waals surface area contributed by atoms with Crippen molar-refractivity contribution >= 4 is 51.3 Å². The summed E-state index contributed by atoms with van der Waals surface area (Å²) in [6.07, 6.45) is 0.709. The lowest BCUT2D eigenvalue weighted by molar-refractivity contribution is -0.132. The van der Waals surface area contributed by atoms with Crippen LogP contribution in [0.4, 0.5) is 21.2 Å². The average molecular weight is 544 g/mol. The maximum atomic E-state index is 13.4. The van der Waals surface area contributed by atoms with E-state index in [1.54, 1.807) is 17.0 Å². The molecule has 0 aliphatic carbocycles. The van der Waals surface area contributed by atoms with Crippen LogP contribution in [-0.4, -0.2) is 80.7 Å². The van der Waals surface area contributed by atoms with E-state index in [9.17, 15) is 14.3 Å². The second-order valence-electron chi connectivity index (χ2n) is 8.78. The number of hydrogen-bond donors (Lipinski definition) is 1. The first kappa shape index (κ1) is 25.4. The number of anilines is 3. The van der Waals surface area contributed by atoms with Crippen LogP contribution in [0.5, 0.6) is 0 Å². The summed E-state index contributed by atoms with van der Waals surface area (Å²) in [5, 5.41) is 17.5. The van der Waals surface area contributed by atoms with Crippen LogP contribution in [0.15, 0.2) is 41.8 Å². The highest BCUT2D eigenvalue weighted by Crippen LogP contribution is 2.34. The van der Waals surface area contributed by atoms with Crippen LogP contribution in [0, 0.1) is 5.82 Å². The molecule has 1 aliphatic rings. The molecule has 0 spiro atoms. The molecule has 1 aliphatic heterocycles. The fourth-order valence-electron chi connectivity index (χ4n) is 4.59. The third-order valence-corrected chi connectivity index (χ3v) is 7.68. The van der Waals surface area contributed by atoms with Crippen LogP contribution in [0.25, 0.3) is 16.9 Å². The summed E-state index contributed by atoms with van der Waals surface area (Å²) >= 11 is 7.24. The van der Waals surface area contributed by atoms with Crippen molar-refractivity contribution in [3.05, 3.63) is 53.3 Å². The van der Waals surface area contributed by atoms with E-state index >= 15 is 0 Å². The Morgan fingerprint density at radius 3 is 2.70 bits per heavy atom. The maximum absolute atomic E-state index is 13.4. The number of halogens is 2. The molecular weight excluding hydrogens is 517 g/mol. The molecule has 0 bridgehead atoms. The van der Waals surface area contributed by atoms with Crippen LogP contribution >= 0.6 is 22.9 Å². The van der Waals surface area contributed by atoms with Gasteiger partial charge in [-0.3, -0.25) is 4.79 Å². The van der Waals surface area contributed by atoms with E-state index in [1.807, 2.05) is 40.9 Å². The fraction of sp³-hybridized carbons (Fsp3) is 0.360. The zero-order valence-electron chi connectivity index (χ0n) is 20.5. The first-order valence-electron chi connectivity index (χ1n) is 12.0. The number of hydrogen-bond acceptors (Lipinski definition) is 8. The second kappa shape index (κ2) is 10.6. The summed E-state index contributed by atoms with van der Waals surface area (Å²) in [6.45, 7) is 3.38. The van der Waals surface area contributed by atoms with Gasteiger partial charge in [0, 0.05) is 37.6 Å². The van der Waals surface area contributed by atoms with Gasteiger partial charge in [0.25, 0.3) is 0 Å². The van der Waals surface area contributed by atoms with Gasteiger partial charge in [0.15, 0.2) is 16.6 Å². The Morgan fingerprint density at radius 1 is 1.22 bits per heavy atom. The summed E-state index contributed by atoms with van der Waals surface area (Å²) < 4.78 is 15.2. The summed E-state index contributed by atoms with van der Waals surface area (Å²) in [4.78, 5) is 27.4. The SMILES string of the molecule is CCc1nc2ccc(N3CCN(C(=O)CCl)[C@H](CO)C3)nn2c1N(C)c1nc(-c2ccc(F)cc2)cs1. The number of nitrogens with zero attached hydrogens (tertiary/aromatic N) is 7. The van der Waals surface area contributed by atoms with Crippen LogP contribution in [0.2, 0.25) is 0 Å². The highest BCUT2D eigenvalue weighted by molar-refractivity contribution is 7.14. The number of piperazine rings is 1. The van der Waals surface area contributed by atoms with Crippen molar-refractivity contribution in [1.82, 2.24) is 24.5 Å².